The fourth-order valence-corrected chi connectivity index (χ4v) is 1.95. The summed E-state index contributed by atoms with van der Waals surface area (Å²) in [6.45, 7) is 0. The van der Waals surface area contributed by atoms with E-state index >= 15 is 0 Å². The van der Waals surface area contributed by atoms with Crippen LogP contribution >= 0.6 is 11.6 Å². The number of methoxy groups -OCH3 is 1. The summed E-state index contributed by atoms with van der Waals surface area (Å²) < 4.78 is 9.41. The Hall–Kier alpha value is -0.251. The molecule has 14 heavy (non-hydrogen) atoms. The monoisotopic (exact) mass is 288 g/mol. The van der Waals surface area contributed by atoms with Crippen LogP contribution in [0.2, 0.25) is 11.1 Å². The fraction of sp³-hybridized carbons (Fsp3) is 0.750. The van der Waals surface area contributed by atoms with Crippen LogP contribution in [0, 0.1) is 0 Å². The molecular formula is C8H13ClO4Se. The molecule has 0 heterocycles. The molecule has 0 radical (unpaired) electrons. The molecule has 82 valence electrons. The van der Waals surface area contributed by atoms with E-state index in [9.17, 15) is 9.59 Å². The van der Waals surface area contributed by atoms with Crippen molar-refractivity contribution >= 4 is 38.5 Å². The summed E-state index contributed by atoms with van der Waals surface area (Å²) in [5.41, 5.74) is 0. The van der Waals surface area contributed by atoms with E-state index in [1.54, 1.807) is 0 Å². The molecule has 0 aliphatic carbocycles. The number of hydrogen-bond donors (Lipinski definition) is 0. The SMILES string of the molecule is COC(=O)C(C[Se]C)OC(=O)CCCl. The van der Waals surface area contributed by atoms with E-state index in [0.29, 0.717) is 5.32 Å². The topological polar surface area (TPSA) is 52.6 Å². The average molecular weight is 288 g/mol. The van der Waals surface area contributed by atoms with Gasteiger partial charge in [0.05, 0.1) is 0 Å². The molecule has 4 nitrogen and oxygen atoms in total. The van der Waals surface area contributed by atoms with Crippen LogP contribution in [0.5, 0.6) is 0 Å². The Morgan fingerprint density at radius 1 is 1.50 bits per heavy atom. The standard InChI is InChI=1S/C8H13ClO4Se/c1-12-8(11)6(5-14-2)13-7(10)3-4-9/h6H,3-5H2,1-2H3. The number of carbonyl (C=O) groups excluding carboxylic acids is 2. The molecule has 0 aliphatic rings. The molecule has 0 fully saturated rings. The molecule has 0 N–H and O–H groups in total. The van der Waals surface area contributed by atoms with Crippen LogP contribution < -0.4 is 0 Å². The quantitative estimate of drug-likeness (QED) is 0.413. The summed E-state index contributed by atoms with van der Waals surface area (Å²) >= 11 is 5.61. The zero-order valence-corrected chi connectivity index (χ0v) is 10.6. The summed E-state index contributed by atoms with van der Waals surface area (Å²) in [5, 5.41) is 0.535. The maximum atomic E-state index is 11.1. The van der Waals surface area contributed by atoms with E-state index in [2.05, 4.69) is 4.74 Å². The Morgan fingerprint density at radius 2 is 2.14 bits per heavy atom. The van der Waals surface area contributed by atoms with Crippen molar-refractivity contribution in [1.82, 2.24) is 0 Å². The Balaban J connectivity index is 4.08. The van der Waals surface area contributed by atoms with Gasteiger partial charge in [-0.3, -0.25) is 0 Å². The van der Waals surface area contributed by atoms with Gasteiger partial charge in [-0.15, -0.1) is 0 Å². The molecule has 0 amide bonds. The van der Waals surface area contributed by atoms with E-state index in [4.69, 9.17) is 16.3 Å². The van der Waals surface area contributed by atoms with Gasteiger partial charge in [-0.1, -0.05) is 0 Å². The van der Waals surface area contributed by atoms with Crippen LogP contribution in [0.4, 0.5) is 0 Å². The van der Waals surface area contributed by atoms with E-state index in [0.717, 1.165) is 0 Å². The van der Waals surface area contributed by atoms with Gasteiger partial charge in [-0.2, -0.15) is 0 Å². The molecule has 0 aromatic heterocycles. The third-order valence-corrected chi connectivity index (χ3v) is 2.88. The average Bonchev–Trinajstić information content (AvgIpc) is 2.16. The first-order chi connectivity index (χ1) is 6.65. The van der Waals surface area contributed by atoms with Gasteiger partial charge in [0, 0.05) is 0 Å². The number of alkyl halides is 1. The number of rotatable bonds is 6. The van der Waals surface area contributed by atoms with Gasteiger partial charge in [0.15, 0.2) is 0 Å². The normalized spacial score (nSPS) is 11.9. The van der Waals surface area contributed by atoms with Crippen molar-refractivity contribution in [3.8, 4) is 0 Å². The molecule has 0 spiro atoms. The molecule has 1 atom stereocenters. The maximum absolute atomic E-state index is 11.1. The molecule has 0 aromatic rings. The second kappa shape index (κ2) is 8.09. The number of ether oxygens (including phenoxy) is 2. The predicted molar refractivity (Wildman–Crippen MR) is 53.7 cm³/mol. The third kappa shape index (κ3) is 5.47. The molecule has 0 aliphatic heterocycles. The van der Waals surface area contributed by atoms with Crippen molar-refractivity contribution in [2.75, 3.05) is 13.0 Å². The van der Waals surface area contributed by atoms with Crippen molar-refractivity contribution in [3.05, 3.63) is 0 Å². The van der Waals surface area contributed by atoms with E-state index in [-0.39, 0.29) is 27.3 Å². The fourth-order valence-electron chi connectivity index (χ4n) is 0.728. The van der Waals surface area contributed by atoms with Crippen molar-refractivity contribution < 1.29 is 19.1 Å². The van der Waals surface area contributed by atoms with Crippen LogP contribution in [0.25, 0.3) is 0 Å². The molecule has 0 saturated heterocycles. The van der Waals surface area contributed by atoms with Crippen LogP contribution in [0.15, 0.2) is 0 Å². The van der Waals surface area contributed by atoms with E-state index in [1.165, 1.54) is 7.11 Å². The van der Waals surface area contributed by atoms with E-state index in [1.807, 2.05) is 5.82 Å². The van der Waals surface area contributed by atoms with Gasteiger partial charge in [0.2, 0.25) is 0 Å². The first kappa shape index (κ1) is 13.7. The van der Waals surface area contributed by atoms with E-state index < -0.39 is 18.0 Å². The number of carbonyl (C=O) groups is 2. The Kier molecular flexibility index (Phi) is 7.95. The molecule has 1 unspecified atom stereocenters. The number of esters is 2. The van der Waals surface area contributed by atoms with Crippen LogP contribution in [0.1, 0.15) is 6.42 Å². The zero-order valence-electron chi connectivity index (χ0n) is 8.12. The minimum atomic E-state index is -0.763. The summed E-state index contributed by atoms with van der Waals surface area (Å²) in [4.78, 5) is 22.2. The van der Waals surface area contributed by atoms with Gasteiger partial charge < -0.3 is 0 Å². The van der Waals surface area contributed by atoms with Gasteiger partial charge in [0.1, 0.15) is 0 Å². The number of hydrogen-bond acceptors (Lipinski definition) is 4. The zero-order chi connectivity index (χ0) is 11.0. The summed E-state index contributed by atoms with van der Waals surface area (Å²) in [5.74, 6) is 1.19. The van der Waals surface area contributed by atoms with Crippen LogP contribution in [-0.2, 0) is 19.1 Å². The molecule has 0 aromatic carbocycles. The Labute approximate surface area is 94.4 Å². The van der Waals surface area contributed by atoms with Crippen molar-refractivity contribution in [2.45, 2.75) is 23.7 Å². The summed E-state index contributed by atoms with van der Waals surface area (Å²) in [6, 6.07) is 0. The summed E-state index contributed by atoms with van der Waals surface area (Å²) in [7, 11) is 1.27. The summed E-state index contributed by atoms with van der Waals surface area (Å²) in [6.07, 6.45) is -0.646. The number of halogens is 1. The van der Waals surface area contributed by atoms with Crippen molar-refractivity contribution in [1.29, 1.82) is 0 Å². The second-order valence-corrected chi connectivity index (χ2v) is 4.68. The van der Waals surface area contributed by atoms with Gasteiger partial charge in [0.25, 0.3) is 0 Å². The Bertz CT molecular complexity index is 198. The molecule has 0 bridgehead atoms. The van der Waals surface area contributed by atoms with Gasteiger partial charge in [-0.05, 0) is 0 Å². The van der Waals surface area contributed by atoms with Crippen LogP contribution in [0.3, 0.4) is 0 Å². The predicted octanol–water partition coefficient (Wildman–Crippen LogP) is 0.871. The Morgan fingerprint density at radius 3 is 2.57 bits per heavy atom. The first-order valence-electron chi connectivity index (χ1n) is 3.98. The van der Waals surface area contributed by atoms with Crippen molar-refractivity contribution in [2.24, 2.45) is 0 Å². The molecular weight excluding hydrogens is 274 g/mol. The van der Waals surface area contributed by atoms with Gasteiger partial charge >= 0.3 is 94.2 Å². The van der Waals surface area contributed by atoms with Gasteiger partial charge in [-0.25, -0.2) is 0 Å². The van der Waals surface area contributed by atoms with Crippen molar-refractivity contribution in [3.63, 3.8) is 0 Å². The van der Waals surface area contributed by atoms with Crippen LogP contribution in [-0.4, -0.2) is 46.0 Å². The molecule has 6 heteroatoms. The second-order valence-electron chi connectivity index (χ2n) is 2.40. The first-order valence-corrected chi connectivity index (χ1v) is 7.43. The molecule has 0 rings (SSSR count). The minimum absolute atomic E-state index is 0.117. The molecule has 0 saturated carbocycles. The third-order valence-electron chi connectivity index (χ3n) is 1.35.